The van der Waals surface area contributed by atoms with Gasteiger partial charge >= 0.3 is 11.5 Å². The number of urea groups is 1. The fourth-order valence-corrected chi connectivity index (χ4v) is 5.11. The Morgan fingerprint density at radius 1 is 1.06 bits per heavy atom. The molecule has 8 nitrogen and oxygen atoms in total. The summed E-state index contributed by atoms with van der Waals surface area (Å²) in [6.07, 6.45) is 0.910. The number of hydrogen-bond acceptors (Lipinski definition) is 6. The highest BCUT2D eigenvalue weighted by atomic mass is 32.2. The molecule has 182 valence electrons. The average Bonchev–Trinajstić information content (AvgIpc) is 3.60. The molecule has 2 heterocycles. The van der Waals surface area contributed by atoms with E-state index in [0.29, 0.717) is 18.7 Å². The number of nitrogens with zero attached hydrogens (tertiary/aromatic N) is 3. The number of nitrogens with one attached hydrogen (secondary N) is 1. The molecule has 2 aliphatic rings. The largest absolute Gasteiger partial charge is 0.501 e. The van der Waals surface area contributed by atoms with Crippen LogP contribution in [0.4, 0.5) is 29.5 Å². The minimum absolute atomic E-state index is 0.00500. The molecule has 2 aromatic carbocycles. The summed E-state index contributed by atoms with van der Waals surface area (Å²) in [6.45, 7) is 0.124. The highest BCUT2D eigenvalue weighted by Gasteiger charge is 2.65. The summed E-state index contributed by atoms with van der Waals surface area (Å²) in [4.78, 5) is 32.6. The van der Waals surface area contributed by atoms with Crippen LogP contribution in [0.2, 0.25) is 0 Å². The molecule has 1 spiro atoms. The number of alkyl halides is 3. The van der Waals surface area contributed by atoms with E-state index in [1.165, 1.54) is 4.90 Å². The van der Waals surface area contributed by atoms with Gasteiger partial charge in [0.1, 0.15) is 11.4 Å². The van der Waals surface area contributed by atoms with Crippen molar-refractivity contribution in [1.29, 1.82) is 0 Å². The first-order valence-electron chi connectivity index (χ1n) is 10.6. The van der Waals surface area contributed by atoms with Gasteiger partial charge in [-0.3, -0.25) is 4.79 Å². The van der Waals surface area contributed by atoms with Crippen molar-refractivity contribution >= 4 is 44.2 Å². The molecule has 0 unspecified atom stereocenters. The third-order valence-electron chi connectivity index (χ3n) is 6.36. The summed E-state index contributed by atoms with van der Waals surface area (Å²) < 4.78 is 61.9. The van der Waals surface area contributed by atoms with Crippen LogP contribution in [0.25, 0.3) is 10.9 Å². The number of fused-ring (bicyclic) bond motifs is 1. The second-order valence-electron chi connectivity index (χ2n) is 8.42. The number of anilines is 2. The molecule has 1 saturated carbocycles. The summed E-state index contributed by atoms with van der Waals surface area (Å²) in [5.41, 5.74) is -4.98. The minimum atomic E-state index is -5.54. The van der Waals surface area contributed by atoms with Crippen molar-refractivity contribution in [2.45, 2.75) is 35.3 Å². The van der Waals surface area contributed by atoms with Gasteiger partial charge in [0, 0.05) is 19.0 Å². The molecular weight excluding hydrogens is 485 g/mol. The van der Waals surface area contributed by atoms with E-state index in [1.807, 2.05) is 24.3 Å². The Labute approximate surface area is 198 Å². The fraction of sp³-hybridized carbons (Fsp3) is 0.261. The van der Waals surface area contributed by atoms with Gasteiger partial charge in [0.2, 0.25) is 0 Å². The molecule has 0 atom stereocenters. The van der Waals surface area contributed by atoms with Crippen molar-refractivity contribution < 1.29 is 31.2 Å². The summed E-state index contributed by atoms with van der Waals surface area (Å²) >= 11 is 0. The van der Waals surface area contributed by atoms with Gasteiger partial charge in [-0.05, 0) is 54.8 Å². The van der Waals surface area contributed by atoms with E-state index in [4.69, 9.17) is 0 Å². The third kappa shape index (κ3) is 3.51. The number of imide groups is 1. The van der Waals surface area contributed by atoms with Gasteiger partial charge < -0.3 is 10.2 Å². The van der Waals surface area contributed by atoms with Crippen LogP contribution in [0.15, 0.2) is 59.5 Å². The zero-order valence-corrected chi connectivity index (χ0v) is 19.2. The number of rotatable bonds is 5. The summed E-state index contributed by atoms with van der Waals surface area (Å²) in [7, 11) is -3.82. The second-order valence-corrected chi connectivity index (χ2v) is 10.4. The van der Waals surface area contributed by atoms with Gasteiger partial charge in [0.25, 0.3) is 15.7 Å². The molecule has 12 heteroatoms. The molecule has 3 amide bonds. The van der Waals surface area contributed by atoms with Crippen molar-refractivity contribution in [3.63, 3.8) is 0 Å². The average molecular weight is 504 g/mol. The maximum absolute atomic E-state index is 13.4. The highest BCUT2D eigenvalue weighted by molar-refractivity contribution is 7.92. The van der Waals surface area contributed by atoms with Crippen LogP contribution in [0, 0.1) is 0 Å². The Hall–Kier alpha value is -3.67. The molecule has 1 saturated heterocycles. The predicted octanol–water partition coefficient (Wildman–Crippen LogP) is 4.07. The Kier molecular flexibility index (Phi) is 5.06. The molecule has 5 rings (SSSR count). The molecule has 1 N–H and O–H groups in total. The molecule has 1 aliphatic carbocycles. The van der Waals surface area contributed by atoms with Crippen LogP contribution in [-0.2, 0) is 21.2 Å². The van der Waals surface area contributed by atoms with Gasteiger partial charge in [-0.25, -0.2) is 23.1 Å². The van der Waals surface area contributed by atoms with Crippen LogP contribution in [0.3, 0.4) is 0 Å². The number of para-hydroxylation sites is 1. The molecule has 1 aliphatic heterocycles. The first-order chi connectivity index (χ1) is 16.5. The summed E-state index contributed by atoms with van der Waals surface area (Å²) in [5.74, 6) is 0.112. The molecule has 35 heavy (non-hydrogen) atoms. The van der Waals surface area contributed by atoms with Crippen molar-refractivity contribution in [3.05, 3.63) is 60.2 Å². The quantitative estimate of drug-likeness (QED) is 0.526. The maximum Gasteiger partial charge on any atom is 0.501 e. The van der Waals surface area contributed by atoms with Crippen LogP contribution in [0.5, 0.6) is 0 Å². The van der Waals surface area contributed by atoms with Gasteiger partial charge in [0.15, 0.2) is 0 Å². The van der Waals surface area contributed by atoms with Crippen molar-refractivity contribution in [1.82, 2.24) is 9.88 Å². The third-order valence-corrected chi connectivity index (χ3v) is 7.86. The number of sulfone groups is 1. The normalized spacial score (nSPS) is 17.5. The van der Waals surface area contributed by atoms with Crippen molar-refractivity contribution in [3.8, 4) is 0 Å². The number of amides is 3. The van der Waals surface area contributed by atoms with Crippen molar-refractivity contribution in [2.75, 3.05) is 17.3 Å². The van der Waals surface area contributed by atoms with Crippen LogP contribution < -0.4 is 10.2 Å². The molecular formula is C23H19F3N4O4S. The Balaban J connectivity index is 1.50. The molecule has 3 aromatic rings. The van der Waals surface area contributed by atoms with E-state index < -0.39 is 37.7 Å². The van der Waals surface area contributed by atoms with Crippen LogP contribution in [0.1, 0.15) is 18.4 Å². The summed E-state index contributed by atoms with van der Waals surface area (Å²) in [6, 6.07) is 12.1. The number of carbonyl (C=O) groups is 2. The van der Waals surface area contributed by atoms with E-state index in [9.17, 15) is 31.2 Å². The predicted molar refractivity (Wildman–Crippen MR) is 121 cm³/mol. The van der Waals surface area contributed by atoms with Crippen LogP contribution in [-0.4, -0.2) is 48.3 Å². The minimum Gasteiger partial charge on any atom is -0.373 e. The fourth-order valence-electron chi connectivity index (χ4n) is 4.35. The lowest BCUT2D eigenvalue weighted by atomic mass is 10.1. The lowest BCUT2D eigenvalue weighted by Gasteiger charge is -2.22. The summed E-state index contributed by atoms with van der Waals surface area (Å²) in [5, 5.41) is 3.80. The molecule has 0 bridgehead atoms. The van der Waals surface area contributed by atoms with Gasteiger partial charge in [-0.1, -0.05) is 18.2 Å². The number of benzene rings is 2. The molecule has 2 fully saturated rings. The standard InChI is InChI=1S/C23H19F3N4O4S/c1-27-19-12-14(17-4-2-3-5-18(17)28-19)13-29-21(32)30(20(31)22(29)10-11-22)15-6-8-16(9-7-15)35(33,34)23(24,25)26/h2-9,12H,10-11,13H2,1H3,(H,27,28). The second kappa shape index (κ2) is 7.67. The zero-order chi connectivity index (χ0) is 25.2. The SMILES string of the molecule is CNc1cc(CN2C(=O)N(c3ccc(S(=O)(=O)C(F)(F)F)cc3)C(=O)C23CC3)c2ccccc2n1. The van der Waals surface area contributed by atoms with Gasteiger partial charge in [-0.15, -0.1) is 0 Å². The van der Waals surface area contributed by atoms with E-state index in [2.05, 4.69) is 10.3 Å². The Morgan fingerprint density at radius 2 is 1.71 bits per heavy atom. The first-order valence-corrected chi connectivity index (χ1v) is 12.1. The highest BCUT2D eigenvalue weighted by Crippen LogP contribution is 2.50. The van der Waals surface area contributed by atoms with Crippen molar-refractivity contribution in [2.24, 2.45) is 0 Å². The topological polar surface area (TPSA) is 99.7 Å². The smallest absolute Gasteiger partial charge is 0.373 e. The van der Waals surface area contributed by atoms with Gasteiger partial charge in [0.05, 0.1) is 16.1 Å². The van der Waals surface area contributed by atoms with E-state index >= 15 is 0 Å². The number of carbonyl (C=O) groups excluding carboxylic acids is 2. The lowest BCUT2D eigenvalue weighted by Crippen LogP contribution is -2.36. The molecule has 0 radical (unpaired) electrons. The Morgan fingerprint density at radius 3 is 2.31 bits per heavy atom. The number of pyridine rings is 1. The van der Waals surface area contributed by atoms with Gasteiger partial charge in [-0.2, -0.15) is 13.2 Å². The number of aromatic nitrogens is 1. The Bertz CT molecular complexity index is 1470. The zero-order valence-electron chi connectivity index (χ0n) is 18.3. The number of hydrogen-bond donors (Lipinski definition) is 1. The van der Waals surface area contributed by atoms with E-state index in [-0.39, 0.29) is 12.2 Å². The maximum atomic E-state index is 13.4. The number of halogens is 3. The van der Waals surface area contributed by atoms with E-state index in [1.54, 1.807) is 13.1 Å². The van der Waals surface area contributed by atoms with Crippen LogP contribution >= 0.6 is 0 Å². The monoisotopic (exact) mass is 504 g/mol. The lowest BCUT2D eigenvalue weighted by molar-refractivity contribution is -0.120. The van der Waals surface area contributed by atoms with E-state index in [0.717, 1.165) is 45.6 Å². The molecule has 1 aromatic heterocycles. The first kappa shape index (κ1) is 23.1.